The van der Waals surface area contributed by atoms with E-state index in [1.807, 2.05) is 0 Å². The fourth-order valence-electron chi connectivity index (χ4n) is 1.13. The normalized spacial score (nSPS) is 17.9. The summed E-state index contributed by atoms with van der Waals surface area (Å²) in [5, 5.41) is 1.64. The quantitative estimate of drug-likeness (QED) is 0.704. The Morgan fingerprint density at radius 1 is 1.50 bits per heavy atom. The number of nitrogens with two attached hydrogens (primary N) is 1. The van der Waals surface area contributed by atoms with Gasteiger partial charge in [-0.3, -0.25) is 9.52 Å². The minimum Gasteiger partial charge on any atom is -0.364 e. The molecular weight excluding hydrogens is 224 g/mol. The van der Waals surface area contributed by atoms with Crippen molar-refractivity contribution in [3.63, 3.8) is 0 Å². The van der Waals surface area contributed by atoms with Gasteiger partial charge in [-0.25, -0.2) is 8.42 Å². The average Bonchev–Trinajstić information content (AvgIpc) is 2.51. The van der Waals surface area contributed by atoms with Crippen LogP contribution in [0.1, 0.15) is 5.56 Å². The molecule has 3 N–H and O–H groups in total. The largest absolute Gasteiger partial charge is 0.364 e. The van der Waals surface area contributed by atoms with Crippen LogP contribution in [0, 0.1) is 0 Å². The third kappa shape index (κ3) is 1.30. The lowest BCUT2D eigenvalue weighted by Gasteiger charge is -2.13. The van der Waals surface area contributed by atoms with Crippen LogP contribution in [0.3, 0.4) is 0 Å². The van der Waals surface area contributed by atoms with Gasteiger partial charge in [0.2, 0.25) is 0 Å². The lowest BCUT2D eigenvalue weighted by molar-refractivity contribution is -0.114. The maximum atomic E-state index is 11.5. The topological polar surface area (TPSA) is 89.3 Å². The third-order valence-electron chi connectivity index (χ3n) is 1.71. The van der Waals surface area contributed by atoms with Crippen molar-refractivity contribution >= 4 is 33.3 Å². The van der Waals surface area contributed by atoms with E-state index < -0.39 is 15.9 Å². The van der Waals surface area contributed by atoms with Gasteiger partial charge >= 0.3 is 0 Å². The molecule has 1 aliphatic heterocycles. The summed E-state index contributed by atoms with van der Waals surface area (Å²) in [4.78, 5) is 10.8. The maximum absolute atomic E-state index is 11.5. The molecule has 2 heterocycles. The molecule has 14 heavy (non-hydrogen) atoms. The number of hydrogen-bond acceptors (Lipinski definition) is 4. The number of carbonyl (C=O) groups excluding carboxylic acids is 1. The first-order valence-corrected chi connectivity index (χ1v) is 5.99. The van der Waals surface area contributed by atoms with E-state index in [1.165, 1.54) is 6.08 Å². The summed E-state index contributed by atoms with van der Waals surface area (Å²) >= 11 is 1.10. The molecule has 0 saturated carbocycles. The number of hydrogen-bond donors (Lipinski definition) is 2. The second-order valence-corrected chi connectivity index (χ2v) is 5.48. The fourth-order valence-corrected chi connectivity index (χ4v) is 3.51. The van der Waals surface area contributed by atoms with E-state index in [2.05, 4.69) is 4.72 Å². The summed E-state index contributed by atoms with van der Waals surface area (Å²) in [5.74, 6) is -0.787. The number of thiophene rings is 1. The van der Waals surface area contributed by atoms with Gasteiger partial charge in [0.05, 0.1) is 0 Å². The minimum atomic E-state index is -3.59. The molecule has 0 radical (unpaired) electrons. The number of amides is 1. The van der Waals surface area contributed by atoms with Crippen molar-refractivity contribution in [1.82, 2.24) is 4.72 Å². The first-order valence-electron chi connectivity index (χ1n) is 3.62. The predicted octanol–water partition coefficient (Wildman–Crippen LogP) is -0.134. The summed E-state index contributed by atoms with van der Waals surface area (Å²) in [6.45, 7) is 0. The Hall–Kier alpha value is -1.34. The van der Waals surface area contributed by atoms with Gasteiger partial charge < -0.3 is 5.73 Å². The van der Waals surface area contributed by atoms with Crippen LogP contribution in [0.2, 0.25) is 0 Å². The highest BCUT2D eigenvalue weighted by Crippen LogP contribution is 2.28. The zero-order valence-corrected chi connectivity index (χ0v) is 8.48. The van der Waals surface area contributed by atoms with E-state index in [0.717, 1.165) is 11.3 Å². The Balaban J connectivity index is 2.66. The highest BCUT2D eigenvalue weighted by Gasteiger charge is 2.26. The standard InChI is InChI=1S/C7H6N2O3S2/c8-6(10)5-3-4-1-2-13-7(4)14(11,12)9-5/h1-3,9H,(H2,8,10). The minimum absolute atomic E-state index is 0.101. The molecule has 0 bridgehead atoms. The smallest absolute Gasteiger partial charge is 0.272 e. The number of nitrogens with one attached hydrogen (secondary N) is 1. The molecule has 5 nitrogen and oxygen atoms in total. The number of carbonyl (C=O) groups is 1. The van der Waals surface area contributed by atoms with Crippen LogP contribution in [-0.2, 0) is 14.8 Å². The Kier molecular flexibility index (Phi) is 1.86. The molecule has 0 saturated heterocycles. The van der Waals surface area contributed by atoms with Crippen LogP contribution in [0.15, 0.2) is 21.4 Å². The number of fused-ring (bicyclic) bond motifs is 1. The van der Waals surface area contributed by atoms with Crippen LogP contribution in [0.4, 0.5) is 0 Å². The molecule has 0 atom stereocenters. The lowest BCUT2D eigenvalue weighted by atomic mass is 10.2. The number of primary amides is 1. The van der Waals surface area contributed by atoms with Crippen molar-refractivity contribution in [2.45, 2.75) is 4.21 Å². The van der Waals surface area contributed by atoms with Crippen LogP contribution in [-0.4, -0.2) is 14.3 Å². The average molecular weight is 230 g/mol. The van der Waals surface area contributed by atoms with Crippen LogP contribution in [0.25, 0.3) is 6.08 Å². The molecule has 1 aromatic rings. The Labute approximate surface area is 84.3 Å². The van der Waals surface area contributed by atoms with Crippen molar-refractivity contribution < 1.29 is 13.2 Å². The van der Waals surface area contributed by atoms with Crippen molar-refractivity contribution in [3.8, 4) is 0 Å². The first kappa shape index (κ1) is 9.22. The lowest BCUT2D eigenvalue weighted by Crippen LogP contribution is -2.33. The number of sulfonamides is 1. The summed E-state index contributed by atoms with van der Waals surface area (Å²) in [7, 11) is -3.59. The van der Waals surface area contributed by atoms with Gasteiger partial charge in [-0.05, 0) is 17.5 Å². The molecule has 7 heteroatoms. The molecule has 0 aromatic carbocycles. The van der Waals surface area contributed by atoms with Crippen molar-refractivity contribution in [2.75, 3.05) is 0 Å². The van der Waals surface area contributed by atoms with Gasteiger partial charge in [0.15, 0.2) is 0 Å². The van der Waals surface area contributed by atoms with E-state index in [1.54, 1.807) is 11.4 Å². The molecule has 1 amide bonds. The third-order valence-corrected chi connectivity index (χ3v) is 4.59. The van der Waals surface area contributed by atoms with Crippen molar-refractivity contribution in [2.24, 2.45) is 5.73 Å². The highest BCUT2D eigenvalue weighted by molar-refractivity contribution is 7.91. The molecular formula is C7H6N2O3S2. The molecule has 1 aliphatic rings. The molecule has 1 aromatic heterocycles. The molecule has 74 valence electrons. The van der Waals surface area contributed by atoms with E-state index in [0.29, 0.717) is 5.56 Å². The van der Waals surface area contributed by atoms with E-state index in [4.69, 9.17) is 5.73 Å². The van der Waals surface area contributed by atoms with E-state index in [-0.39, 0.29) is 9.91 Å². The number of rotatable bonds is 1. The molecule has 2 rings (SSSR count). The van der Waals surface area contributed by atoms with Gasteiger partial charge in [0.25, 0.3) is 15.9 Å². The predicted molar refractivity (Wildman–Crippen MR) is 51.8 cm³/mol. The molecule has 0 spiro atoms. The summed E-state index contributed by atoms with van der Waals surface area (Å²) in [6, 6.07) is 1.63. The van der Waals surface area contributed by atoms with Crippen molar-refractivity contribution in [1.29, 1.82) is 0 Å². The Morgan fingerprint density at radius 3 is 2.86 bits per heavy atom. The van der Waals surface area contributed by atoms with E-state index in [9.17, 15) is 13.2 Å². The second-order valence-electron chi connectivity index (χ2n) is 2.69. The maximum Gasteiger partial charge on any atom is 0.272 e. The zero-order chi connectivity index (χ0) is 10.3. The van der Waals surface area contributed by atoms with Gasteiger partial charge in [0.1, 0.15) is 9.91 Å². The molecule has 0 aliphatic carbocycles. The van der Waals surface area contributed by atoms with Gasteiger partial charge in [-0.2, -0.15) is 0 Å². The van der Waals surface area contributed by atoms with Gasteiger partial charge in [-0.15, -0.1) is 11.3 Å². The zero-order valence-electron chi connectivity index (χ0n) is 6.85. The second kappa shape index (κ2) is 2.82. The van der Waals surface area contributed by atoms with Gasteiger partial charge in [-0.1, -0.05) is 0 Å². The monoisotopic (exact) mass is 230 g/mol. The highest BCUT2D eigenvalue weighted by atomic mass is 32.2. The van der Waals surface area contributed by atoms with E-state index >= 15 is 0 Å². The molecule has 0 unspecified atom stereocenters. The fraction of sp³-hybridized carbons (Fsp3) is 0. The van der Waals surface area contributed by atoms with Crippen molar-refractivity contribution in [3.05, 3.63) is 22.7 Å². The van der Waals surface area contributed by atoms with Crippen LogP contribution >= 0.6 is 11.3 Å². The first-order chi connectivity index (χ1) is 6.50. The summed E-state index contributed by atoms with van der Waals surface area (Å²) in [6.07, 6.45) is 1.43. The van der Waals surface area contributed by atoms with Crippen LogP contribution in [0.5, 0.6) is 0 Å². The Bertz CT molecular complexity index is 527. The Morgan fingerprint density at radius 2 is 2.21 bits per heavy atom. The summed E-state index contributed by atoms with van der Waals surface area (Å²) < 4.78 is 25.3. The molecule has 0 fully saturated rings. The SMILES string of the molecule is NC(=O)C1=Cc2ccsc2S(=O)(=O)N1. The summed E-state index contributed by atoms with van der Waals surface area (Å²) in [5.41, 5.74) is 5.38. The van der Waals surface area contributed by atoms with Gasteiger partial charge in [0, 0.05) is 5.56 Å². The van der Waals surface area contributed by atoms with Crippen LogP contribution < -0.4 is 10.5 Å².